The van der Waals surface area contributed by atoms with Crippen molar-refractivity contribution in [1.29, 1.82) is 0 Å². The molecule has 3 N–H and O–H groups in total. The molecule has 0 aromatic heterocycles. The molecule has 2 amide bonds. The predicted octanol–water partition coefficient (Wildman–Crippen LogP) is 2.36. The van der Waals surface area contributed by atoms with Crippen molar-refractivity contribution in [2.24, 2.45) is 11.8 Å². The zero-order valence-electron chi connectivity index (χ0n) is 12.9. The molecule has 5 nitrogen and oxygen atoms in total. The third-order valence-electron chi connectivity index (χ3n) is 4.33. The van der Waals surface area contributed by atoms with Crippen LogP contribution in [-0.4, -0.2) is 24.4 Å². The molecule has 1 saturated heterocycles. The second kappa shape index (κ2) is 6.48. The van der Waals surface area contributed by atoms with Gasteiger partial charge >= 0.3 is 0 Å². The number of carbonyl (C=O) groups excluding carboxylic acids is 2. The molecular formula is C17H23N3O2. The number of anilines is 2. The van der Waals surface area contributed by atoms with Gasteiger partial charge in [0.05, 0.1) is 6.04 Å². The number of rotatable bonds is 4. The van der Waals surface area contributed by atoms with E-state index in [1.807, 2.05) is 24.3 Å². The lowest BCUT2D eigenvalue weighted by molar-refractivity contribution is -0.119. The summed E-state index contributed by atoms with van der Waals surface area (Å²) in [6, 6.07) is 7.21. The molecule has 0 bridgehead atoms. The van der Waals surface area contributed by atoms with Crippen molar-refractivity contribution in [3.8, 4) is 0 Å². The van der Waals surface area contributed by atoms with Crippen LogP contribution in [0.5, 0.6) is 0 Å². The zero-order chi connectivity index (χ0) is 15.5. The summed E-state index contributed by atoms with van der Waals surface area (Å²) in [7, 11) is 0. The van der Waals surface area contributed by atoms with Crippen LogP contribution in [0.4, 0.5) is 11.4 Å². The fourth-order valence-electron chi connectivity index (χ4n) is 2.80. The summed E-state index contributed by atoms with van der Waals surface area (Å²) in [6.45, 7) is 3.06. The van der Waals surface area contributed by atoms with E-state index in [2.05, 4.69) is 22.9 Å². The smallest absolute Gasteiger partial charge is 0.241 e. The van der Waals surface area contributed by atoms with Gasteiger partial charge in [-0.25, -0.2) is 0 Å². The van der Waals surface area contributed by atoms with E-state index in [1.165, 1.54) is 0 Å². The maximum atomic E-state index is 12.3. The van der Waals surface area contributed by atoms with Gasteiger partial charge in [-0.3, -0.25) is 9.59 Å². The van der Waals surface area contributed by atoms with Gasteiger partial charge < -0.3 is 16.0 Å². The first-order chi connectivity index (χ1) is 10.6. The molecule has 22 heavy (non-hydrogen) atoms. The molecule has 1 aliphatic carbocycles. The van der Waals surface area contributed by atoms with Gasteiger partial charge in [0, 0.05) is 17.3 Å². The Morgan fingerprint density at radius 3 is 2.41 bits per heavy atom. The maximum absolute atomic E-state index is 12.3. The van der Waals surface area contributed by atoms with E-state index < -0.39 is 0 Å². The Kier molecular flexibility index (Phi) is 4.43. The molecule has 1 aromatic rings. The maximum Gasteiger partial charge on any atom is 0.241 e. The van der Waals surface area contributed by atoms with Crippen molar-refractivity contribution in [2.45, 2.75) is 38.6 Å². The van der Waals surface area contributed by atoms with Crippen molar-refractivity contribution in [1.82, 2.24) is 5.32 Å². The van der Waals surface area contributed by atoms with Crippen LogP contribution < -0.4 is 16.0 Å². The zero-order valence-corrected chi connectivity index (χ0v) is 12.9. The van der Waals surface area contributed by atoms with Crippen molar-refractivity contribution >= 4 is 23.2 Å². The largest absolute Gasteiger partial charge is 0.326 e. The van der Waals surface area contributed by atoms with Crippen molar-refractivity contribution in [3.05, 3.63) is 24.3 Å². The van der Waals surface area contributed by atoms with Crippen LogP contribution in [0.3, 0.4) is 0 Å². The standard InChI is InChI=1S/C17H23N3O2/c1-11-7-8-18-15(9-11)17(22)20-14-4-2-3-13(10-14)19-16(21)12-5-6-12/h2-4,10-12,15,18H,5-9H2,1H3,(H,19,21)(H,20,22). The van der Waals surface area contributed by atoms with Crippen LogP contribution in [0.25, 0.3) is 0 Å². The fourth-order valence-corrected chi connectivity index (χ4v) is 2.80. The summed E-state index contributed by atoms with van der Waals surface area (Å²) in [4.78, 5) is 24.1. The number of hydrogen-bond acceptors (Lipinski definition) is 3. The summed E-state index contributed by atoms with van der Waals surface area (Å²) >= 11 is 0. The van der Waals surface area contributed by atoms with Crippen molar-refractivity contribution < 1.29 is 9.59 Å². The quantitative estimate of drug-likeness (QED) is 0.799. The minimum Gasteiger partial charge on any atom is -0.326 e. The molecule has 118 valence electrons. The summed E-state index contributed by atoms with van der Waals surface area (Å²) < 4.78 is 0. The highest BCUT2D eigenvalue weighted by atomic mass is 16.2. The van der Waals surface area contributed by atoms with Gasteiger partial charge in [0.1, 0.15) is 0 Å². The topological polar surface area (TPSA) is 70.2 Å². The van der Waals surface area contributed by atoms with Crippen molar-refractivity contribution in [3.63, 3.8) is 0 Å². The summed E-state index contributed by atoms with van der Waals surface area (Å²) in [5.74, 6) is 0.816. The van der Waals surface area contributed by atoms with E-state index in [0.29, 0.717) is 5.92 Å². The Balaban J connectivity index is 1.59. The Labute approximate surface area is 130 Å². The van der Waals surface area contributed by atoms with E-state index in [4.69, 9.17) is 0 Å². The second-order valence-electron chi connectivity index (χ2n) is 6.47. The lowest BCUT2D eigenvalue weighted by Crippen LogP contribution is -2.45. The normalized spacial score (nSPS) is 24.6. The molecule has 5 heteroatoms. The SMILES string of the molecule is CC1CCNC(C(=O)Nc2cccc(NC(=O)C3CC3)c2)C1. The monoisotopic (exact) mass is 301 g/mol. The number of nitrogens with one attached hydrogen (secondary N) is 3. The number of hydrogen-bond donors (Lipinski definition) is 3. The molecule has 1 aliphatic heterocycles. The summed E-state index contributed by atoms with van der Waals surface area (Å²) in [5, 5.41) is 9.09. The highest BCUT2D eigenvalue weighted by Gasteiger charge is 2.29. The molecule has 2 aliphatic rings. The first-order valence-electron chi connectivity index (χ1n) is 8.07. The van der Waals surface area contributed by atoms with Gasteiger partial charge in [-0.15, -0.1) is 0 Å². The van der Waals surface area contributed by atoms with E-state index in [-0.39, 0.29) is 23.8 Å². The Hall–Kier alpha value is -1.88. The van der Waals surface area contributed by atoms with Gasteiger partial charge in [0.2, 0.25) is 11.8 Å². The highest BCUT2D eigenvalue weighted by Crippen LogP contribution is 2.30. The average Bonchev–Trinajstić information content (AvgIpc) is 3.32. The minimum absolute atomic E-state index is 0.00257. The van der Waals surface area contributed by atoms with E-state index in [1.54, 1.807) is 0 Å². The second-order valence-corrected chi connectivity index (χ2v) is 6.47. The Morgan fingerprint density at radius 1 is 1.09 bits per heavy atom. The molecule has 0 radical (unpaired) electrons. The van der Waals surface area contributed by atoms with Gasteiger partial charge in [-0.2, -0.15) is 0 Å². The van der Waals surface area contributed by atoms with E-state index in [9.17, 15) is 9.59 Å². The minimum atomic E-state index is -0.131. The molecule has 1 aromatic carbocycles. The molecular weight excluding hydrogens is 278 g/mol. The number of carbonyl (C=O) groups is 2. The third kappa shape index (κ3) is 3.85. The number of amides is 2. The fraction of sp³-hybridized carbons (Fsp3) is 0.529. The number of benzene rings is 1. The molecule has 3 rings (SSSR count). The molecule has 2 unspecified atom stereocenters. The number of piperidine rings is 1. The molecule has 1 saturated carbocycles. The molecule has 0 spiro atoms. The van der Waals surface area contributed by atoms with Crippen LogP contribution in [-0.2, 0) is 9.59 Å². The Bertz CT molecular complexity index is 569. The predicted molar refractivity (Wildman–Crippen MR) is 86.6 cm³/mol. The van der Waals surface area contributed by atoms with Crippen LogP contribution in [0.2, 0.25) is 0 Å². The summed E-state index contributed by atoms with van der Waals surface area (Å²) in [6.07, 6.45) is 3.94. The van der Waals surface area contributed by atoms with E-state index >= 15 is 0 Å². The molecule has 2 atom stereocenters. The van der Waals surface area contributed by atoms with Crippen LogP contribution in [0, 0.1) is 11.8 Å². The third-order valence-corrected chi connectivity index (χ3v) is 4.33. The average molecular weight is 301 g/mol. The Morgan fingerprint density at radius 2 is 1.77 bits per heavy atom. The first kappa shape index (κ1) is 15.0. The van der Waals surface area contributed by atoms with Gasteiger partial charge in [0.25, 0.3) is 0 Å². The first-order valence-corrected chi connectivity index (χ1v) is 8.07. The van der Waals surface area contributed by atoms with Crippen LogP contribution >= 0.6 is 0 Å². The van der Waals surface area contributed by atoms with Gasteiger partial charge in [0.15, 0.2) is 0 Å². The summed E-state index contributed by atoms with van der Waals surface area (Å²) in [5.41, 5.74) is 1.46. The van der Waals surface area contributed by atoms with Gasteiger partial charge in [-0.1, -0.05) is 13.0 Å². The van der Waals surface area contributed by atoms with Crippen molar-refractivity contribution in [2.75, 3.05) is 17.2 Å². The van der Waals surface area contributed by atoms with Crippen LogP contribution in [0.15, 0.2) is 24.3 Å². The lowest BCUT2D eigenvalue weighted by atomic mass is 9.94. The molecule has 2 fully saturated rings. The van der Waals surface area contributed by atoms with Gasteiger partial charge in [-0.05, 0) is 56.3 Å². The van der Waals surface area contributed by atoms with E-state index in [0.717, 1.165) is 43.6 Å². The molecule has 1 heterocycles. The van der Waals surface area contributed by atoms with Crippen LogP contribution in [0.1, 0.15) is 32.6 Å². The lowest BCUT2D eigenvalue weighted by Gasteiger charge is -2.27. The highest BCUT2D eigenvalue weighted by molar-refractivity contribution is 5.97.